The summed E-state index contributed by atoms with van der Waals surface area (Å²) < 4.78 is 36.1. The quantitative estimate of drug-likeness (QED) is 0.436. The highest BCUT2D eigenvalue weighted by atomic mass is 31.2. The van der Waals surface area contributed by atoms with E-state index in [-0.39, 0.29) is 19.3 Å². The number of nitrogens with one attached hydrogen (secondary N) is 1. The number of rotatable bonds is 9. The molecule has 5 atom stereocenters. The van der Waals surface area contributed by atoms with Crippen molar-refractivity contribution in [2.75, 3.05) is 13.2 Å². The molecule has 1 saturated heterocycles. The monoisotopic (exact) mass is 429 g/mol. The average Bonchev–Trinajstić information content (AvgIpc) is 2.94. The summed E-state index contributed by atoms with van der Waals surface area (Å²) in [5.41, 5.74) is -2.10. The van der Waals surface area contributed by atoms with Gasteiger partial charge in [-0.3, -0.25) is 14.3 Å². The molecule has 0 radical (unpaired) electrons. The van der Waals surface area contributed by atoms with Gasteiger partial charge in [0.05, 0.1) is 12.7 Å². The van der Waals surface area contributed by atoms with Gasteiger partial charge in [-0.2, -0.15) is 0 Å². The molecule has 0 bridgehead atoms. The van der Waals surface area contributed by atoms with Gasteiger partial charge < -0.3 is 28.2 Å². The molecular weight excluding hydrogens is 403 g/mol. The summed E-state index contributed by atoms with van der Waals surface area (Å²) in [6.45, 7) is 6.45. The van der Waals surface area contributed by atoms with Gasteiger partial charge in [-0.25, -0.2) is 4.79 Å². The third-order valence-electron chi connectivity index (χ3n) is 4.26. The van der Waals surface area contributed by atoms with E-state index in [0.29, 0.717) is 0 Å². The maximum Gasteiger partial charge on any atom is 0.330 e. The Labute approximate surface area is 168 Å². The second kappa shape index (κ2) is 9.85. The van der Waals surface area contributed by atoms with E-state index in [9.17, 15) is 19.0 Å². The fourth-order valence-corrected chi connectivity index (χ4v) is 3.56. The Balaban J connectivity index is 2.44. The molecule has 29 heavy (non-hydrogen) atoms. The van der Waals surface area contributed by atoms with E-state index >= 15 is 0 Å². The summed E-state index contributed by atoms with van der Waals surface area (Å²) in [6, 6.07) is 1.14. The lowest BCUT2D eigenvalue weighted by molar-refractivity contribution is -0.210. The maximum absolute atomic E-state index is 12.4. The highest BCUT2D eigenvalue weighted by Crippen LogP contribution is 2.48. The molecule has 0 aliphatic carbocycles. The molecule has 1 fully saturated rings. The Bertz CT molecular complexity index is 887. The normalized spacial score (nSPS) is 26.6. The van der Waals surface area contributed by atoms with Crippen molar-refractivity contribution in [1.82, 2.24) is 9.55 Å². The van der Waals surface area contributed by atoms with Crippen LogP contribution < -0.4 is 16.1 Å². The highest BCUT2D eigenvalue weighted by molar-refractivity contribution is 7.52. The zero-order valence-corrected chi connectivity index (χ0v) is 17.7. The lowest BCUT2D eigenvalue weighted by atomic mass is 10.1. The molecule has 1 aromatic heterocycles. The SMILES string of the molecule is C#CCOC1[C@@H](OP(=O)([O-])C(C)C)[C@@H](COC(C)C)O[C@H]1n1ccc(=O)[nH]c1=O. The molecule has 162 valence electrons. The molecule has 0 saturated carbocycles. The second-order valence-corrected chi connectivity index (χ2v) is 9.47. The van der Waals surface area contributed by atoms with Gasteiger partial charge in [0.15, 0.2) is 6.23 Å². The van der Waals surface area contributed by atoms with E-state index in [1.807, 2.05) is 13.8 Å². The molecule has 1 aliphatic rings. The van der Waals surface area contributed by atoms with Crippen LogP contribution in [0.25, 0.3) is 0 Å². The van der Waals surface area contributed by atoms with Crippen molar-refractivity contribution in [3.05, 3.63) is 33.1 Å². The number of ether oxygens (including phenoxy) is 3. The molecule has 0 aromatic carbocycles. The smallest absolute Gasteiger partial charge is 0.330 e. The molecule has 2 heterocycles. The minimum atomic E-state index is -4.27. The second-order valence-electron chi connectivity index (χ2n) is 7.15. The Kier molecular flexibility index (Phi) is 8.00. The maximum atomic E-state index is 12.4. The minimum Gasteiger partial charge on any atom is -0.778 e. The molecule has 1 N–H and O–H groups in total. The van der Waals surface area contributed by atoms with Crippen molar-refractivity contribution in [3.8, 4) is 12.3 Å². The van der Waals surface area contributed by atoms with Gasteiger partial charge in [-0.1, -0.05) is 19.8 Å². The number of aromatic nitrogens is 2. The zero-order chi connectivity index (χ0) is 21.8. The first-order valence-corrected chi connectivity index (χ1v) is 10.8. The summed E-state index contributed by atoms with van der Waals surface area (Å²) in [5.74, 6) is 2.30. The number of hydrogen-bond donors (Lipinski definition) is 1. The summed E-state index contributed by atoms with van der Waals surface area (Å²) in [6.07, 6.45) is 2.30. The summed E-state index contributed by atoms with van der Waals surface area (Å²) in [4.78, 5) is 38.2. The van der Waals surface area contributed by atoms with Crippen LogP contribution in [0.3, 0.4) is 0 Å². The molecule has 10 nitrogen and oxygen atoms in total. The van der Waals surface area contributed by atoms with E-state index in [1.165, 1.54) is 20.0 Å². The molecule has 0 amide bonds. The third kappa shape index (κ3) is 5.89. The predicted molar refractivity (Wildman–Crippen MR) is 103 cm³/mol. The van der Waals surface area contributed by atoms with Crippen LogP contribution >= 0.6 is 7.60 Å². The molecule has 2 unspecified atom stereocenters. The van der Waals surface area contributed by atoms with Crippen LogP contribution in [0.5, 0.6) is 0 Å². The van der Waals surface area contributed by atoms with E-state index < -0.39 is 49.0 Å². The number of nitrogens with zero attached hydrogens (tertiary/aromatic N) is 1. The van der Waals surface area contributed by atoms with Gasteiger partial charge in [-0.05, 0) is 13.8 Å². The first-order valence-electron chi connectivity index (χ1n) is 9.19. The summed E-state index contributed by atoms with van der Waals surface area (Å²) >= 11 is 0. The van der Waals surface area contributed by atoms with Crippen LogP contribution in [0.4, 0.5) is 0 Å². The third-order valence-corrected chi connectivity index (χ3v) is 6.07. The molecular formula is C18H26N2O8P-. The molecule has 2 rings (SSSR count). The predicted octanol–water partition coefficient (Wildman–Crippen LogP) is 0.224. The Hall–Kier alpha value is -1.73. The highest BCUT2D eigenvalue weighted by Gasteiger charge is 2.49. The van der Waals surface area contributed by atoms with E-state index in [2.05, 4.69) is 10.9 Å². The largest absolute Gasteiger partial charge is 0.778 e. The lowest BCUT2D eigenvalue weighted by Gasteiger charge is -2.34. The van der Waals surface area contributed by atoms with Gasteiger partial charge in [0, 0.05) is 17.9 Å². The van der Waals surface area contributed by atoms with Gasteiger partial charge in [0.1, 0.15) is 32.5 Å². The fourth-order valence-electron chi connectivity index (χ4n) is 2.72. The first kappa shape index (κ1) is 23.5. The lowest BCUT2D eigenvalue weighted by Crippen LogP contribution is -2.41. The van der Waals surface area contributed by atoms with E-state index in [4.69, 9.17) is 25.2 Å². The topological polar surface area (TPSA) is 132 Å². The molecule has 1 aromatic rings. The summed E-state index contributed by atoms with van der Waals surface area (Å²) in [7, 11) is -4.27. The average molecular weight is 429 g/mol. The van der Waals surface area contributed by atoms with Crippen LogP contribution in [0.2, 0.25) is 0 Å². The minimum absolute atomic E-state index is 0.00491. The summed E-state index contributed by atoms with van der Waals surface area (Å²) in [5, 5.41) is 0. The van der Waals surface area contributed by atoms with Crippen LogP contribution in [0.1, 0.15) is 33.9 Å². The number of aromatic amines is 1. The Morgan fingerprint density at radius 2 is 2.03 bits per heavy atom. The number of hydrogen-bond acceptors (Lipinski definition) is 8. The van der Waals surface area contributed by atoms with Crippen molar-refractivity contribution in [3.63, 3.8) is 0 Å². The fraction of sp³-hybridized carbons (Fsp3) is 0.667. The van der Waals surface area contributed by atoms with Crippen molar-refractivity contribution >= 4 is 7.60 Å². The van der Waals surface area contributed by atoms with Crippen LogP contribution in [-0.2, 0) is 23.3 Å². The first-order chi connectivity index (χ1) is 13.6. The van der Waals surface area contributed by atoms with Gasteiger partial charge >= 0.3 is 5.69 Å². The van der Waals surface area contributed by atoms with Crippen LogP contribution in [0.15, 0.2) is 21.9 Å². The van der Waals surface area contributed by atoms with E-state index in [1.54, 1.807) is 0 Å². The van der Waals surface area contributed by atoms with Crippen molar-refractivity contribution < 1.29 is 28.2 Å². The Morgan fingerprint density at radius 3 is 2.59 bits per heavy atom. The molecule has 1 aliphatic heterocycles. The van der Waals surface area contributed by atoms with Crippen LogP contribution in [0, 0.1) is 12.3 Å². The molecule has 11 heteroatoms. The van der Waals surface area contributed by atoms with Crippen molar-refractivity contribution in [2.45, 2.75) is 64.0 Å². The standard InChI is InChI=1S/C18H27N2O8P/c1-6-9-25-16-15(28-29(23,24)12(4)5)13(10-26-11(2)3)27-17(16)20-8-7-14(21)19-18(20)22/h1,7-8,11-13,15-17H,9-10H2,2-5H3,(H,23,24)(H,19,21,22)/p-1/t13-,15+,16?,17-/m1/s1. The van der Waals surface area contributed by atoms with E-state index in [0.717, 1.165) is 10.6 Å². The van der Waals surface area contributed by atoms with Crippen molar-refractivity contribution in [2.24, 2.45) is 0 Å². The van der Waals surface area contributed by atoms with Gasteiger partial charge in [0.2, 0.25) is 0 Å². The van der Waals surface area contributed by atoms with Crippen molar-refractivity contribution in [1.29, 1.82) is 0 Å². The van der Waals surface area contributed by atoms with Gasteiger partial charge in [0.25, 0.3) is 5.56 Å². The number of terminal acetylenes is 1. The zero-order valence-electron chi connectivity index (χ0n) is 16.8. The number of H-pyrrole nitrogens is 1. The Morgan fingerprint density at radius 1 is 1.34 bits per heavy atom. The van der Waals surface area contributed by atoms with Gasteiger partial charge in [-0.15, -0.1) is 6.42 Å². The molecule has 0 spiro atoms. The van der Waals surface area contributed by atoms with Crippen LogP contribution in [-0.4, -0.2) is 52.8 Å².